The van der Waals surface area contributed by atoms with Crippen LogP contribution in [0.2, 0.25) is 0 Å². The highest BCUT2D eigenvalue weighted by Crippen LogP contribution is 2.50. The van der Waals surface area contributed by atoms with Crippen LogP contribution in [-0.2, 0) is 26.1 Å². The molecule has 2 heterocycles. The van der Waals surface area contributed by atoms with E-state index in [0.717, 1.165) is 34.8 Å². The van der Waals surface area contributed by atoms with Crippen LogP contribution in [0.5, 0.6) is 0 Å². The maximum atomic E-state index is 12.0. The molecule has 0 spiro atoms. The largest absolute Gasteiger partial charge is 0.326 e. The SMILES string of the molecule is CCC(=Cc1sc2cc(SC)c(SC)cc2[n+]1CS(=O)(=O)O)C=C1Sc2cc(SC)c(SC)cc2N1CS(=O)(=O)O. The minimum Gasteiger partial charge on any atom is -0.317 e. The number of nitrogens with zero attached hydrogens (tertiary/aromatic N) is 2. The van der Waals surface area contributed by atoms with Gasteiger partial charge >= 0.3 is 10.1 Å². The summed E-state index contributed by atoms with van der Waals surface area (Å²) >= 11 is 9.19. The van der Waals surface area contributed by atoms with Gasteiger partial charge < -0.3 is 4.90 Å². The molecule has 41 heavy (non-hydrogen) atoms. The summed E-state index contributed by atoms with van der Waals surface area (Å²) in [7, 11) is -8.68. The lowest BCUT2D eigenvalue weighted by atomic mass is 10.2. The standard InChI is InChI=1S/C25H28N2O6S8/c1-6-15(7-24-26(13-40(28,29)30)16-9-20(34-2)22(36-4)11-18(16)38-24)8-25-27(14-41(31,32)33)17-10-21(35-3)23(37-5)12-19(17)39-25/h7-12H,6,13-14H2,1-5H3,(H-,28,29,30,31,32,33)/p+1. The van der Waals surface area contributed by atoms with Crippen LogP contribution in [0.15, 0.2) is 65.4 Å². The third-order valence-electron chi connectivity index (χ3n) is 6.08. The molecule has 0 unspecified atom stereocenters. The highest BCUT2D eigenvalue weighted by atomic mass is 32.2. The summed E-state index contributed by atoms with van der Waals surface area (Å²) in [4.78, 5) is 6.65. The molecule has 16 heteroatoms. The molecule has 0 radical (unpaired) electrons. The monoisotopic (exact) mass is 709 g/mol. The van der Waals surface area contributed by atoms with Gasteiger partial charge in [-0.05, 0) is 61.3 Å². The molecule has 1 aromatic heterocycles. The molecular formula is C25H29N2O6S8+. The second kappa shape index (κ2) is 13.4. The molecule has 0 aliphatic carbocycles. The maximum Gasteiger partial charge on any atom is 0.326 e. The van der Waals surface area contributed by atoms with Crippen molar-refractivity contribution >= 4 is 112 Å². The number of aromatic nitrogens is 1. The number of thioether (sulfide) groups is 5. The van der Waals surface area contributed by atoms with Crippen molar-refractivity contribution in [2.24, 2.45) is 0 Å². The Kier molecular flexibility index (Phi) is 10.8. The van der Waals surface area contributed by atoms with Gasteiger partial charge in [-0.15, -0.1) is 47.0 Å². The zero-order valence-electron chi connectivity index (χ0n) is 22.8. The summed E-state index contributed by atoms with van der Waals surface area (Å²) in [6.07, 6.45) is 12.2. The summed E-state index contributed by atoms with van der Waals surface area (Å²) < 4.78 is 70.1. The first-order chi connectivity index (χ1) is 19.3. The van der Waals surface area contributed by atoms with Gasteiger partial charge in [0.2, 0.25) is 5.52 Å². The molecule has 2 aromatic carbocycles. The highest BCUT2D eigenvalue weighted by molar-refractivity contribution is 8.04. The van der Waals surface area contributed by atoms with Crippen LogP contribution < -0.4 is 9.47 Å². The zero-order valence-corrected chi connectivity index (χ0v) is 29.3. The lowest BCUT2D eigenvalue weighted by Crippen LogP contribution is -2.39. The molecule has 0 bridgehead atoms. The Morgan fingerprint density at radius 2 is 1.49 bits per heavy atom. The van der Waals surface area contributed by atoms with Crippen molar-refractivity contribution in [1.82, 2.24) is 0 Å². The number of hydrogen-bond donors (Lipinski definition) is 2. The normalized spacial score (nSPS) is 15.3. The Morgan fingerprint density at radius 1 is 0.902 bits per heavy atom. The fourth-order valence-corrected chi connectivity index (χ4v) is 11.0. The van der Waals surface area contributed by atoms with Gasteiger partial charge in [-0.25, -0.2) is 0 Å². The van der Waals surface area contributed by atoms with Crippen molar-refractivity contribution in [3.05, 3.63) is 46.0 Å². The second-order valence-corrected chi connectivity index (χ2v) is 17.1. The number of hydrogen-bond acceptors (Lipinski definition) is 11. The minimum atomic E-state index is -4.34. The fraction of sp³-hybridized carbons (Fsp3) is 0.320. The quantitative estimate of drug-likeness (QED) is 0.121. The minimum absolute atomic E-state index is 0.568. The van der Waals surface area contributed by atoms with Crippen LogP contribution >= 0.6 is 70.1 Å². The molecule has 0 fully saturated rings. The third-order valence-corrected chi connectivity index (χ3v) is 12.8. The van der Waals surface area contributed by atoms with E-state index in [2.05, 4.69) is 0 Å². The van der Waals surface area contributed by atoms with Crippen LogP contribution in [0.25, 0.3) is 16.3 Å². The van der Waals surface area contributed by atoms with Crippen LogP contribution in [-0.4, -0.2) is 56.8 Å². The molecule has 0 saturated heterocycles. The Labute approximate surface area is 266 Å². The van der Waals surface area contributed by atoms with E-state index in [-0.39, 0.29) is 0 Å². The van der Waals surface area contributed by atoms with Crippen molar-refractivity contribution in [2.75, 3.05) is 35.8 Å². The average Bonchev–Trinajstić information content (AvgIpc) is 3.40. The molecule has 8 nitrogen and oxygen atoms in total. The summed E-state index contributed by atoms with van der Waals surface area (Å²) in [5, 5.41) is 1.26. The first-order valence-electron chi connectivity index (χ1n) is 11.9. The highest BCUT2D eigenvalue weighted by Gasteiger charge is 2.31. The van der Waals surface area contributed by atoms with Gasteiger partial charge in [0.05, 0.1) is 10.7 Å². The number of benzene rings is 2. The predicted molar refractivity (Wildman–Crippen MR) is 178 cm³/mol. The van der Waals surface area contributed by atoms with Crippen molar-refractivity contribution in [3.63, 3.8) is 0 Å². The van der Waals surface area contributed by atoms with Crippen molar-refractivity contribution in [2.45, 2.75) is 43.7 Å². The summed E-state index contributed by atoms with van der Waals surface area (Å²) in [5.41, 5.74) is 2.23. The number of allylic oxidation sites excluding steroid dienone is 2. The van der Waals surface area contributed by atoms with Gasteiger partial charge in [0.25, 0.3) is 21.0 Å². The van der Waals surface area contributed by atoms with Crippen molar-refractivity contribution in [1.29, 1.82) is 0 Å². The number of fused-ring (bicyclic) bond motifs is 2. The smallest absolute Gasteiger partial charge is 0.317 e. The fourth-order valence-electron chi connectivity index (χ4n) is 4.23. The summed E-state index contributed by atoms with van der Waals surface area (Å²) in [6.45, 7) is 1.96. The van der Waals surface area contributed by atoms with Gasteiger partial charge in [0.15, 0.2) is 5.88 Å². The number of thiazole rings is 1. The van der Waals surface area contributed by atoms with Crippen LogP contribution in [0, 0.1) is 0 Å². The first-order valence-corrected chi connectivity index (χ1v) is 21.7. The van der Waals surface area contributed by atoms with Gasteiger partial charge in [-0.2, -0.15) is 21.4 Å². The predicted octanol–water partition coefficient (Wildman–Crippen LogP) is 7.01. The molecule has 0 amide bonds. The topological polar surface area (TPSA) is 116 Å². The van der Waals surface area contributed by atoms with E-state index in [9.17, 15) is 25.9 Å². The van der Waals surface area contributed by atoms with Gasteiger partial charge in [0.1, 0.15) is 4.70 Å². The van der Waals surface area contributed by atoms with E-state index in [1.54, 1.807) is 56.5 Å². The van der Waals surface area contributed by atoms with Crippen LogP contribution in [0.3, 0.4) is 0 Å². The van der Waals surface area contributed by atoms with E-state index in [0.29, 0.717) is 27.7 Å². The molecule has 2 N–H and O–H groups in total. The molecule has 4 rings (SSSR count). The van der Waals surface area contributed by atoms with Crippen LogP contribution in [0.4, 0.5) is 5.69 Å². The first kappa shape index (κ1) is 33.1. The lowest BCUT2D eigenvalue weighted by molar-refractivity contribution is -0.649. The third kappa shape index (κ3) is 7.83. The van der Waals surface area contributed by atoms with E-state index in [1.165, 1.54) is 23.1 Å². The number of anilines is 1. The van der Waals surface area contributed by atoms with E-state index in [1.807, 2.05) is 68.4 Å². The Hall–Kier alpha value is -0.820. The van der Waals surface area contributed by atoms with Gasteiger partial charge in [-0.3, -0.25) is 9.11 Å². The lowest BCUT2D eigenvalue weighted by Gasteiger charge is -2.20. The average molecular weight is 710 g/mol. The zero-order chi connectivity index (χ0) is 30.1. The molecule has 1 aliphatic rings. The van der Waals surface area contributed by atoms with Crippen molar-refractivity contribution < 1.29 is 30.5 Å². The Balaban J connectivity index is 1.87. The molecule has 222 valence electrons. The maximum absolute atomic E-state index is 12.0. The number of rotatable bonds is 11. The van der Waals surface area contributed by atoms with E-state index >= 15 is 0 Å². The molecule has 1 aliphatic heterocycles. The van der Waals surface area contributed by atoms with Crippen LogP contribution in [0.1, 0.15) is 18.4 Å². The molecule has 3 aromatic rings. The summed E-state index contributed by atoms with van der Waals surface area (Å²) in [6, 6.07) is 7.95. The van der Waals surface area contributed by atoms with Gasteiger partial charge in [0, 0.05) is 36.6 Å². The molecular weight excluding hydrogens is 681 g/mol. The molecule has 0 atom stereocenters. The second-order valence-electron chi connectivity index (χ2n) is 8.73. The Bertz CT molecular complexity index is 1760. The van der Waals surface area contributed by atoms with E-state index in [4.69, 9.17) is 0 Å². The molecule has 0 saturated carbocycles. The van der Waals surface area contributed by atoms with Gasteiger partial charge in [-0.1, -0.05) is 30.0 Å². The van der Waals surface area contributed by atoms with Crippen molar-refractivity contribution in [3.8, 4) is 0 Å². The Morgan fingerprint density at radius 3 is 2.05 bits per heavy atom. The summed E-state index contributed by atoms with van der Waals surface area (Å²) in [5.74, 6) is -1.19. The van der Waals surface area contributed by atoms with E-state index < -0.39 is 32.0 Å².